The Morgan fingerprint density at radius 1 is 1.50 bits per heavy atom. The molecule has 0 aromatic heterocycles. The van der Waals surface area contributed by atoms with Gasteiger partial charge in [0.1, 0.15) is 0 Å². The molecule has 1 heterocycles. The number of hydrogen-bond acceptors (Lipinski definition) is 2. The van der Waals surface area contributed by atoms with Gasteiger partial charge in [-0.3, -0.25) is 0 Å². The fourth-order valence-corrected chi connectivity index (χ4v) is 2.19. The van der Waals surface area contributed by atoms with Gasteiger partial charge in [0, 0.05) is 26.1 Å². The predicted octanol–water partition coefficient (Wildman–Crippen LogP) is 1.53. The Morgan fingerprint density at radius 2 is 2.17 bits per heavy atom. The van der Waals surface area contributed by atoms with Gasteiger partial charge in [-0.05, 0) is 45.8 Å². The van der Waals surface area contributed by atoms with E-state index in [0.717, 1.165) is 19.5 Å². The van der Waals surface area contributed by atoms with E-state index >= 15 is 0 Å². The SMILES string of the molecule is C#CC[C@H](C)NC(=O)N(C)CCCN1CCCC1. The summed E-state index contributed by atoms with van der Waals surface area (Å²) in [6.45, 7) is 6.25. The second-order valence-corrected chi connectivity index (χ2v) is 5.08. The Morgan fingerprint density at radius 3 is 2.78 bits per heavy atom. The van der Waals surface area contributed by atoms with E-state index in [1.54, 1.807) is 4.90 Å². The van der Waals surface area contributed by atoms with Gasteiger partial charge in [-0.15, -0.1) is 12.3 Å². The molecule has 1 saturated heterocycles. The highest BCUT2D eigenvalue weighted by Crippen LogP contribution is 2.07. The third kappa shape index (κ3) is 5.42. The number of urea groups is 1. The Hall–Kier alpha value is -1.21. The normalized spacial score (nSPS) is 17.2. The Kier molecular flexibility index (Phi) is 6.59. The van der Waals surface area contributed by atoms with Gasteiger partial charge in [0.05, 0.1) is 0 Å². The molecule has 0 saturated carbocycles. The summed E-state index contributed by atoms with van der Waals surface area (Å²) in [5, 5.41) is 2.89. The molecule has 1 N–H and O–H groups in total. The molecule has 102 valence electrons. The largest absolute Gasteiger partial charge is 0.335 e. The van der Waals surface area contributed by atoms with Crippen molar-refractivity contribution in [3.05, 3.63) is 0 Å². The Balaban J connectivity index is 2.13. The quantitative estimate of drug-likeness (QED) is 0.727. The van der Waals surface area contributed by atoms with Crippen molar-refractivity contribution >= 4 is 6.03 Å². The summed E-state index contributed by atoms with van der Waals surface area (Å²) < 4.78 is 0. The van der Waals surface area contributed by atoms with Crippen molar-refractivity contribution < 1.29 is 4.79 Å². The first-order valence-corrected chi connectivity index (χ1v) is 6.81. The minimum Gasteiger partial charge on any atom is -0.335 e. The number of carbonyl (C=O) groups excluding carboxylic acids is 1. The van der Waals surface area contributed by atoms with Crippen molar-refractivity contribution in [3.63, 3.8) is 0 Å². The van der Waals surface area contributed by atoms with Gasteiger partial charge in [-0.1, -0.05) is 0 Å². The van der Waals surface area contributed by atoms with Crippen LogP contribution in [0.2, 0.25) is 0 Å². The molecule has 2 amide bonds. The van der Waals surface area contributed by atoms with Crippen molar-refractivity contribution in [1.82, 2.24) is 15.1 Å². The van der Waals surface area contributed by atoms with E-state index in [-0.39, 0.29) is 12.1 Å². The van der Waals surface area contributed by atoms with Crippen LogP contribution in [0.3, 0.4) is 0 Å². The molecule has 1 atom stereocenters. The number of likely N-dealkylation sites (tertiary alicyclic amines) is 1. The second kappa shape index (κ2) is 7.99. The molecule has 1 fully saturated rings. The van der Waals surface area contributed by atoms with Crippen LogP contribution < -0.4 is 5.32 Å². The van der Waals surface area contributed by atoms with E-state index in [0.29, 0.717) is 6.42 Å². The Labute approximate surface area is 111 Å². The van der Waals surface area contributed by atoms with Crippen molar-refractivity contribution in [2.75, 3.05) is 33.2 Å². The molecule has 0 radical (unpaired) electrons. The minimum absolute atomic E-state index is 0.0285. The number of hydrogen-bond donors (Lipinski definition) is 1. The standard InChI is InChI=1S/C14H25N3O/c1-4-8-13(2)15-14(18)16(3)9-7-12-17-10-5-6-11-17/h1,13H,5-12H2,2-3H3,(H,15,18)/t13-/m0/s1. The van der Waals surface area contributed by atoms with E-state index in [1.807, 2.05) is 14.0 Å². The van der Waals surface area contributed by atoms with Crippen LogP contribution in [-0.4, -0.2) is 55.1 Å². The Bertz CT molecular complexity index is 292. The molecule has 0 aromatic carbocycles. The van der Waals surface area contributed by atoms with Crippen LogP contribution in [0.1, 0.15) is 32.6 Å². The molecule has 0 aromatic rings. The summed E-state index contributed by atoms with van der Waals surface area (Å²) in [5.74, 6) is 2.55. The second-order valence-electron chi connectivity index (χ2n) is 5.08. The van der Waals surface area contributed by atoms with E-state index in [9.17, 15) is 4.79 Å². The van der Waals surface area contributed by atoms with Crippen molar-refractivity contribution in [3.8, 4) is 12.3 Å². The summed E-state index contributed by atoms with van der Waals surface area (Å²) in [5.41, 5.74) is 0. The molecule has 0 spiro atoms. The van der Waals surface area contributed by atoms with Gasteiger partial charge in [-0.25, -0.2) is 4.79 Å². The van der Waals surface area contributed by atoms with Crippen LogP contribution in [0.5, 0.6) is 0 Å². The lowest BCUT2D eigenvalue weighted by Crippen LogP contribution is -2.42. The smallest absolute Gasteiger partial charge is 0.317 e. The molecule has 1 rings (SSSR count). The molecule has 0 bridgehead atoms. The first-order valence-electron chi connectivity index (χ1n) is 6.81. The van der Waals surface area contributed by atoms with Gasteiger partial charge in [0.15, 0.2) is 0 Å². The molecule has 4 heteroatoms. The first-order chi connectivity index (χ1) is 8.63. The third-order valence-electron chi connectivity index (χ3n) is 3.31. The van der Waals surface area contributed by atoms with Crippen LogP contribution >= 0.6 is 0 Å². The molecular formula is C14H25N3O. The zero-order chi connectivity index (χ0) is 13.4. The molecule has 4 nitrogen and oxygen atoms in total. The predicted molar refractivity (Wildman–Crippen MR) is 74.4 cm³/mol. The summed E-state index contributed by atoms with van der Waals surface area (Å²) in [4.78, 5) is 16.0. The van der Waals surface area contributed by atoms with Crippen molar-refractivity contribution in [2.24, 2.45) is 0 Å². The molecule has 1 aliphatic rings. The lowest BCUT2D eigenvalue weighted by molar-refractivity contribution is 0.202. The average Bonchev–Trinajstić information content (AvgIpc) is 2.82. The lowest BCUT2D eigenvalue weighted by Gasteiger charge is -2.22. The maximum Gasteiger partial charge on any atom is 0.317 e. The maximum absolute atomic E-state index is 11.8. The summed E-state index contributed by atoms with van der Waals surface area (Å²) >= 11 is 0. The van der Waals surface area contributed by atoms with E-state index in [4.69, 9.17) is 6.42 Å². The highest BCUT2D eigenvalue weighted by Gasteiger charge is 2.13. The van der Waals surface area contributed by atoms with Crippen LogP contribution in [0.4, 0.5) is 4.79 Å². The highest BCUT2D eigenvalue weighted by molar-refractivity contribution is 5.74. The van der Waals surface area contributed by atoms with Crippen molar-refractivity contribution in [2.45, 2.75) is 38.6 Å². The van der Waals surface area contributed by atoms with Crippen molar-refractivity contribution in [1.29, 1.82) is 0 Å². The third-order valence-corrected chi connectivity index (χ3v) is 3.31. The molecule has 0 aliphatic carbocycles. The average molecular weight is 251 g/mol. The van der Waals surface area contributed by atoms with Gasteiger partial charge >= 0.3 is 6.03 Å². The van der Waals surface area contributed by atoms with Crippen LogP contribution in [0, 0.1) is 12.3 Å². The van der Waals surface area contributed by atoms with E-state index < -0.39 is 0 Å². The first kappa shape index (κ1) is 14.8. The number of terminal acetylenes is 1. The maximum atomic E-state index is 11.8. The lowest BCUT2D eigenvalue weighted by atomic mass is 10.2. The van der Waals surface area contributed by atoms with Crippen LogP contribution in [0.15, 0.2) is 0 Å². The highest BCUT2D eigenvalue weighted by atomic mass is 16.2. The minimum atomic E-state index is -0.0285. The number of amides is 2. The van der Waals surface area contributed by atoms with Gasteiger partial charge in [0.2, 0.25) is 0 Å². The summed E-state index contributed by atoms with van der Waals surface area (Å²) in [7, 11) is 1.84. The number of carbonyl (C=O) groups is 1. The zero-order valence-electron chi connectivity index (χ0n) is 11.6. The fraction of sp³-hybridized carbons (Fsp3) is 0.786. The fourth-order valence-electron chi connectivity index (χ4n) is 2.19. The van der Waals surface area contributed by atoms with E-state index in [1.165, 1.54) is 25.9 Å². The van der Waals surface area contributed by atoms with Gasteiger partial charge < -0.3 is 15.1 Å². The summed E-state index contributed by atoms with van der Waals surface area (Å²) in [6, 6.07) is 0.0164. The zero-order valence-corrected chi connectivity index (χ0v) is 11.6. The number of nitrogens with zero attached hydrogens (tertiary/aromatic N) is 2. The number of rotatable bonds is 6. The topological polar surface area (TPSA) is 35.6 Å². The molecule has 18 heavy (non-hydrogen) atoms. The van der Waals surface area contributed by atoms with Crippen LogP contribution in [0.25, 0.3) is 0 Å². The molecule has 0 unspecified atom stereocenters. The monoisotopic (exact) mass is 251 g/mol. The van der Waals surface area contributed by atoms with Gasteiger partial charge in [-0.2, -0.15) is 0 Å². The number of nitrogens with one attached hydrogen (secondary N) is 1. The molecule has 1 aliphatic heterocycles. The summed E-state index contributed by atoms with van der Waals surface area (Å²) in [6.07, 6.45) is 9.46. The van der Waals surface area contributed by atoms with E-state index in [2.05, 4.69) is 16.1 Å². The van der Waals surface area contributed by atoms with Gasteiger partial charge in [0.25, 0.3) is 0 Å². The molecular weight excluding hydrogens is 226 g/mol. The van der Waals surface area contributed by atoms with Crippen LogP contribution in [-0.2, 0) is 0 Å².